The zero-order valence-electron chi connectivity index (χ0n) is 3.26. The molecule has 0 aromatic rings. The summed E-state index contributed by atoms with van der Waals surface area (Å²) in [4.78, 5) is 0. The molecule has 2 nitrogen and oxygen atoms in total. The van der Waals surface area contributed by atoms with Crippen molar-refractivity contribution in [3.63, 3.8) is 0 Å². The van der Waals surface area contributed by atoms with Crippen molar-refractivity contribution in [3.05, 3.63) is 12.3 Å². The van der Waals surface area contributed by atoms with Crippen molar-refractivity contribution in [2.24, 2.45) is 0 Å². The molecule has 0 aromatic heterocycles. The van der Waals surface area contributed by atoms with Crippen LogP contribution >= 0.6 is 0 Å². The van der Waals surface area contributed by atoms with E-state index in [0.717, 1.165) is 0 Å². The first-order chi connectivity index (χ1) is 3.00. The van der Waals surface area contributed by atoms with Gasteiger partial charge in [-0.1, -0.05) is 0 Å². The highest BCUT2D eigenvalue weighted by atomic mass is 16.6. The minimum absolute atomic E-state index is 0.639. The van der Waals surface area contributed by atoms with Gasteiger partial charge in [0.1, 0.15) is 0 Å². The van der Waals surface area contributed by atoms with Crippen LogP contribution in [0.4, 0.5) is 0 Å². The smallest absolute Gasteiger partial charge is 0.543 e. The van der Waals surface area contributed by atoms with Crippen molar-refractivity contribution in [3.8, 4) is 0 Å². The molecule has 3 heteroatoms. The molecule has 0 saturated carbocycles. The second-order valence-corrected chi connectivity index (χ2v) is 0.937. The Morgan fingerprint density at radius 3 is 2.83 bits per heavy atom. The van der Waals surface area contributed by atoms with E-state index in [2.05, 4.69) is 9.31 Å². The van der Waals surface area contributed by atoms with Crippen molar-refractivity contribution in [1.29, 1.82) is 0 Å². The Morgan fingerprint density at radius 2 is 2.67 bits per heavy atom. The molecule has 0 atom stereocenters. The van der Waals surface area contributed by atoms with Crippen LogP contribution < -0.4 is 0 Å². The maximum atomic E-state index is 4.64. The molecule has 1 radical (unpaired) electrons. The Labute approximate surface area is 37.1 Å². The summed E-state index contributed by atoms with van der Waals surface area (Å²) >= 11 is 0. The predicted octanol–water partition coefficient (Wildman–Crippen LogP) is 0.0811. The molecule has 6 heavy (non-hydrogen) atoms. The highest BCUT2D eigenvalue weighted by molar-refractivity contribution is 6.18. The van der Waals surface area contributed by atoms with E-state index in [9.17, 15) is 0 Å². The van der Waals surface area contributed by atoms with Crippen LogP contribution in [0.2, 0.25) is 0 Å². The molecule has 1 rings (SSSR count). The third-order valence-corrected chi connectivity index (χ3v) is 0.491. The molecule has 0 saturated heterocycles. The Hall–Kier alpha value is -0.435. The zero-order chi connectivity index (χ0) is 4.24. The molecule has 0 fully saturated rings. The molecule has 31 valence electrons. The van der Waals surface area contributed by atoms with E-state index in [1.54, 1.807) is 12.3 Å². The van der Waals surface area contributed by atoms with Crippen LogP contribution in [0.15, 0.2) is 12.3 Å². The van der Waals surface area contributed by atoms with Crippen molar-refractivity contribution in [1.82, 2.24) is 0 Å². The molecule has 0 spiro atoms. The minimum atomic E-state index is 0.639. The average Bonchev–Trinajstić information content (AvgIpc) is 1.72. The third kappa shape index (κ3) is 0.757. The van der Waals surface area contributed by atoms with Gasteiger partial charge in [0.25, 0.3) is 0 Å². The SMILES string of the molecule is [B]1OC=CCO1. The van der Waals surface area contributed by atoms with Gasteiger partial charge in [-0.3, -0.25) is 0 Å². The monoisotopic (exact) mass is 83.0 g/mol. The van der Waals surface area contributed by atoms with E-state index in [-0.39, 0.29) is 0 Å². The Morgan fingerprint density at radius 1 is 1.67 bits per heavy atom. The van der Waals surface area contributed by atoms with Crippen LogP contribution in [-0.2, 0) is 9.31 Å². The normalized spacial score (nSPS) is 18.7. The molecule has 0 N–H and O–H groups in total. The van der Waals surface area contributed by atoms with E-state index in [0.29, 0.717) is 6.61 Å². The van der Waals surface area contributed by atoms with Crippen molar-refractivity contribution in [2.75, 3.05) is 6.61 Å². The first-order valence-corrected chi connectivity index (χ1v) is 1.74. The molecule has 0 aromatic carbocycles. The number of hydrogen-bond donors (Lipinski definition) is 0. The predicted molar refractivity (Wildman–Crippen MR) is 21.9 cm³/mol. The fraction of sp³-hybridized carbons (Fsp3) is 0.333. The molecular formula is C3H4BO2. The van der Waals surface area contributed by atoms with Gasteiger partial charge in [-0.2, -0.15) is 0 Å². The number of hydrogen-bond acceptors (Lipinski definition) is 2. The van der Waals surface area contributed by atoms with Crippen molar-refractivity contribution >= 4 is 7.69 Å². The first kappa shape index (κ1) is 3.74. The van der Waals surface area contributed by atoms with Gasteiger partial charge in [0.15, 0.2) is 0 Å². The van der Waals surface area contributed by atoms with Gasteiger partial charge in [-0.15, -0.1) is 0 Å². The minimum Gasteiger partial charge on any atom is -0.543 e. The van der Waals surface area contributed by atoms with E-state index >= 15 is 0 Å². The van der Waals surface area contributed by atoms with E-state index in [4.69, 9.17) is 0 Å². The molecule has 1 aliphatic rings. The third-order valence-electron chi connectivity index (χ3n) is 0.491. The summed E-state index contributed by atoms with van der Waals surface area (Å²) in [6.07, 6.45) is 3.38. The summed E-state index contributed by atoms with van der Waals surface area (Å²) in [5, 5.41) is 0. The van der Waals surface area contributed by atoms with Crippen LogP contribution in [0, 0.1) is 0 Å². The van der Waals surface area contributed by atoms with Crippen LogP contribution in [0.5, 0.6) is 0 Å². The summed E-state index contributed by atoms with van der Waals surface area (Å²) in [6.45, 7) is 0.639. The van der Waals surface area contributed by atoms with Crippen LogP contribution in [-0.4, -0.2) is 14.3 Å². The van der Waals surface area contributed by atoms with Crippen LogP contribution in [0.3, 0.4) is 0 Å². The van der Waals surface area contributed by atoms with Gasteiger partial charge in [-0.05, 0) is 6.08 Å². The van der Waals surface area contributed by atoms with Crippen LogP contribution in [0.25, 0.3) is 0 Å². The van der Waals surface area contributed by atoms with E-state index < -0.39 is 0 Å². The highest BCUT2D eigenvalue weighted by Crippen LogP contribution is 1.84. The van der Waals surface area contributed by atoms with Crippen molar-refractivity contribution in [2.45, 2.75) is 0 Å². The largest absolute Gasteiger partial charge is 0.572 e. The summed E-state index contributed by atoms with van der Waals surface area (Å²) in [6, 6.07) is 0. The molecule has 1 heterocycles. The average molecular weight is 82.9 g/mol. The van der Waals surface area contributed by atoms with Crippen molar-refractivity contribution < 1.29 is 9.31 Å². The quantitative estimate of drug-likeness (QED) is 0.386. The molecule has 0 amide bonds. The van der Waals surface area contributed by atoms with Gasteiger partial charge in [0, 0.05) is 0 Å². The maximum Gasteiger partial charge on any atom is 0.572 e. The van der Waals surface area contributed by atoms with E-state index in [1.807, 2.05) is 0 Å². The second kappa shape index (κ2) is 1.87. The van der Waals surface area contributed by atoms with Gasteiger partial charge in [0.05, 0.1) is 12.9 Å². The topological polar surface area (TPSA) is 18.5 Å². The fourth-order valence-electron chi connectivity index (χ4n) is 0.261. The number of rotatable bonds is 0. The lowest BCUT2D eigenvalue weighted by Crippen LogP contribution is -2.04. The Balaban J connectivity index is 2.26. The van der Waals surface area contributed by atoms with E-state index in [1.165, 1.54) is 7.69 Å². The molecular weight excluding hydrogens is 78.8 g/mol. The summed E-state index contributed by atoms with van der Waals surface area (Å²) in [5.41, 5.74) is 0. The Bertz CT molecular complexity index is 53.8. The maximum absolute atomic E-state index is 4.64. The standard InChI is InChI=1S/C3H4BO2/c1-2-5-4-6-3-1/h1-2H,3H2. The lowest BCUT2D eigenvalue weighted by molar-refractivity contribution is 0.280. The highest BCUT2D eigenvalue weighted by Gasteiger charge is 1.92. The first-order valence-electron chi connectivity index (χ1n) is 1.74. The summed E-state index contributed by atoms with van der Waals surface area (Å²) < 4.78 is 9.18. The fourth-order valence-corrected chi connectivity index (χ4v) is 0.261. The van der Waals surface area contributed by atoms with Gasteiger partial charge >= 0.3 is 7.69 Å². The Kier molecular flexibility index (Phi) is 1.17. The van der Waals surface area contributed by atoms with Gasteiger partial charge in [-0.25, -0.2) is 0 Å². The molecule has 0 aliphatic carbocycles. The molecule has 0 bridgehead atoms. The summed E-state index contributed by atoms with van der Waals surface area (Å²) in [5.74, 6) is 0. The van der Waals surface area contributed by atoms with Crippen LogP contribution in [0.1, 0.15) is 0 Å². The second-order valence-electron chi connectivity index (χ2n) is 0.937. The van der Waals surface area contributed by atoms with Gasteiger partial charge < -0.3 is 9.31 Å². The summed E-state index contributed by atoms with van der Waals surface area (Å²) in [7, 11) is 1.31. The van der Waals surface area contributed by atoms with Gasteiger partial charge in [0.2, 0.25) is 0 Å². The zero-order valence-corrected chi connectivity index (χ0v) is 3.26. The lowest BCUT2D eigenvalue weighted by Gasteiger charge is -2.00. The lowest BCUT2D eigenvalue weighted by atomic mass is 10.4. The molecule has 1 aliphatic heterocycles. The molecule has 0 unspecified atom stereocenters.